The van der Waals surface area contributed by atoms with Crippen molar-refractivity contribution in [3.05, 3.63) is 0 Å². The molecule has 2 fully saturated rings. The number of ether oxygens (including phenoxy) is 1. The molecule has 0 aromatic carbocycles. The Kier molecular flexibility index (Phi) is 5.41. The number of likely N-dealkylation sites (tertiary alicyclic amines) is 1. The quantitative estimate of drug-likeness (QED) is 0.827. The van der Waals surface area contributed by atoms with E-state index in [-0.39, 0.29) is 24.2 Å². The molecule has 2 aliphatic rings. The van der Waals surface area contributed by atoms with Gasteiger partial charge in [0.05, 0.1) is 18.8 Å². The van der Waals surface area contributed by atoms with Gasteiger partial charge in [0.25, 0.3) is 0 Å². The van der Waals surface area contributed by atoms with Crippen molar-refractivity contribution in [1.29, 1.82) is 0 Å². The van der Waals surface area contributed by atoms with Gasteiger partial charge in [-0.05, 0) is 46.1 Å². The molecule has 0 saturated carbocycles. The molecule has 2 rings (SSSR count). The highest BCUT2D eigenvalue weighted by atomic mass is 16.5. The first-order valence-corrected chi connectivity index (χ1v) is 7.87. The molecule has 20 heavy (non-hydrogen) atoms. The van der Waals surface area contributed by atoms with Crippen molar-refractivity contribution in [3.63, 3.8) is 0 Å². The smallest absolute Gasteiger partial charge is 0.236 e. The van der Waals surface area contributed by atoms with E-state index in [0.717, 1.165) is 19.5 Å². The van der Waals surface area contributed by atoms with E-state index < -0.39 is 0 Å². The monoisotopic (exact) mass is 283 g/mol. The Morgan fingerprint density at radius 1 is 1.30 bits per heavy atom. The number of nitrogens with two attached hydrogens (primary N) is 1. The summed E-state index contributed by atoms with van der Waals surface area (Å²) in [5.41, 5.74) is 6.00. The van der Waals surface area contributed by atoms with Crippen LogP contribution in [0.2, 0.25) is 0 Å². The summed E-state index contributed by atoms with van der Waals surface area (Å²) in [7, 11) is 0. The molecule has 5 heteroatoms. The van der Waals surface area contributed by atoms with Gasteiger partial charge in [-0.15, -0.1) is 0 Å². The van der Waals surface area contributed by atoms with E-state index in [1.165, 1.54) is 6.42 Å². The molecule has 0 radical (unpaired) electrons. The maximum Gasteiger partial charge on any atom is 0.236 e. The normalized spacial score (nSPS) is 34.0. The molecule has 2 heterocycles. The minimum Gasteiger partial charge on any atom is -0.372 e. The van der Waals surface area contributed by atoms with Gasteiger partial charge in [0.1, 0.15) is 0 Å². The molecule has 0 bridgehead atoms. The van der Waals surface area contributed by atoms with Crippen molar-refractivity contribution in [3.8, 4) is 0 Å². The summed E-state index contributed by atoms with van der Waals surface area (Å²) in [6.45, 7) is 10.1. The van der Waals surface area contributed by atoms with E-state index in [4.69, 9.17) is 10.5 Å². The van der Waals surface area contributed by atoms with Gasteiger partial charge >= 0.3 is 0 Å². The zero-order valence-electron chi connectivity index (χ0n) is 13.0. The van der Waals surface area contributed by atoms with Crippen LogP contribution in [-0.2, 0) is 9.53 Å². The lowest BCUT2D eigenvalue weighted by Gasteiger charge is -2.38. The van der Waals surface area contributed by atoms with E-state index in [0.29, 0.717) is 25.6 Å². The van der Waals surface area contributed by atoms with Gasteiger partial charge in [-0.1, -0.05) is 0 Å². The minimum atomic E-state index is 0.140. The van der Waals surface area contributed by atoms with Crippen LogP contribution in [0.5, 0.6) is 0 Å². The highest BCUT2D eigenvalue weighted by Crippen LogP contribution is 2.19. The molecular formula is C15H29N3O2. The third-order valence-corrected chi connectivity index (χ3v) is 4.42. The predicted molar refractivity (Wildman–Crippen MR) is 79.4 cm³/mol. The van der Waals surface area contributed by atoms with E-state index in [1.54, 1.807) is 0 Å². The molecule has 4 atom stereocenters. The van der Waals surface area contributed by atoms with Crippen LogP contribution in [0.1, 0.15) is 33.6 Å². The third-order valence-electron chi connectivity index (χ3n) is 4.42. The molecule has 0 aliphatic carbocycles. The van der Waals surface area contributed by atoms with Crippen molar-refractivity contribution in [2.45, 2.75) is 51.9 Å². The second kappa shape index (κ2) is 6.87. The molecule has 0 aromatic heterocycles. The molecule has 2 aliphatic heterocycles. The van der Waals surface area contributed by atoms with E-state index in [9.17, 15) is 4.79 Å². The number of piperidine rings is 1. The zero-order chi connectivity index (χ0) is 14.7. The lowest BCUT2D eigenvalue weighted by Crippen LogP contribution is -2.52. The summed E-state index contributed by atoms with van der Waals surface area (Å²) >= 11 is 0. The van der Waals surface area contributed by atoms with Gasteiger partial charge in [-0.25, -0.2) is 0 Å². The van der Waals surface area contributed by atoms with Gasteiger partial charge < -0.3 is 15.4 Å². The van der Waals surface area contributed by atoms with Crippen LogP contribution in [0.25, 0.3) is 0 Å². The number of rotatable bonds is 3. The van der Waals surface area contributed by atoms with Crippen LogP contribution in [0.15, 0.2) is 0 Å². The van der Waals surface area contributed by atoms with Crippen LogP contribution in [0.4, 0.5) is 0 Å². The average molecular weight is 283 g/mol. The summed E-state index contributed by atoms with van der Waals surface area (Å²) in [6, 6.07) is 0.219. The average Bonchev–Trinajstić information content (AvgIpc) is 2.37. The Morgan fingerprint density at radius 2 is 1.95 bits per heavy atom. The van der Waals surface area contributed by atoms with E-state index in [1.807, 2.05) is 18.7 Å². The Hall–Kier alpha value is -0.650. The molecule has 1 amide bonds. The number of hydrogen-bond acceptors (Lipinski definition) is 4. The molecule has 5 nitrogen and oxygen atoms in total. The highest BCUT2D eigenvalue weighted by Gasteiger charge is 2.29. The SMILES string of the molecule is CC1CN(C(=O)CN2CCCC(C(C)N)C2)CC(C)O1. The molecule has 4 unspecified atom stereocenters. The van der Waals surface area contributed by atoms with Crippen molar-refractivity contribution in [2.24, 2.45) is 11.7 Å². The molecule has 2 N–H and O–H groups in total. The number of morpholine rings is 1. The van der Waals surface area contributed by atoms with Gasteiger partial charge in [0.15, 0.2) is 0 Å². The van der Waals surface area contributed by atoms with Crippen LogP contribution in [0, 0.1) is 5.92 Å². The summed E-state index contributed by atoms with van der Waals surface area (Å²) in [6.07, 6.45) is 2.62. The standard InChI is InChI=1S/C15H29N3O2/c1-11-7-18(8-12(2)20-11)15(19)10-17-6-4-5-14(9-17)13(3)16/h11-14H,4-10,16H2,1-3H3. The van der Waals surface area contributed by atoms with Crippen LogP contribution in [-0.4, -0.2) is 66.7 Å². The fourth-order valence-electron chi connectivity index (χ4n) is 3.34. The maximum absolute atomic E-state index is 12.4. The predicted octanol–water partition coefficient (Wildman–Crippen LogP) is 0.681. The number of carbonyl (C=O) groups excluding carboxylic acids is 1. The minimum absolute atomic E-state index is 0.140. The number of carbonyl (C=O) groups is 1. The van der Waals surface area contributed by atoms with Crippen molar-refractivity contribution in [2.75, 3.05) is 32.7 Å². The Morgan fingerprint density at radius 3 is 2.55 bits per heavy atom. The second-order valence-corrected chi connectivity index (χ2v) is 6.55. The fraction of sp³-hybridized carbons (Fsp3) is 0.933. The first-order valence-electron chi connectivity index (χ1n) is 7.87. The molecule has 0 aromatic rings. The highest BCUT2D eigenvalue weighted by molar-refractivity contribution is 5.78. The van der Waals surface area contributed by atoms with Gasteiger partial charge in [-0.2, -0.15) is 0 Å². The van der Waals surface area contributed by atoms with E-state index in [2.05, 4.69) is 11.8 Å². The lowest BCUT2D eigenvalue weighted by molar-refractivity contribution is -0.144. The third kappa shape index (κ3) is 4.17. The molecule has 0 spiro atoms. The maximum atomic E-state index is 12.4. The summed E-state index contributed by atoms with van der Waals surface area (Å²) in [5.74, 6) is 0.761. The first-order chi connectivity index (χ1) is 9.45. The number of hydrogen-bond donors (Lipinski definition) is 1. The van der Waals surface area contributed by atoms with Crippen molar-refractivity contribution < 1.29 is 9.53 Å². The molecule has 116 valence electrons. The fourth-order valence-corrected chi connectivity index (χ4v) is 3.34. The van der Waals surface area contributed by atoms with Gasteiger partial charge in [-0.3, -0.25) is 9.69 Å². The first kappa shape index (κ1) is 15.7. The second-order valence-electron chi connectivity index (χ2n) is 6.55. The van der Waals surface area contributed by atoms with Crippen LogP contribution < -0.4 is 5.73 Å². The van der Waals surface area contributed by atoms with Crippen molar-refractivity contribution in [1.82, 2.24) is 9.80 Å². The zero-order valence-corrected chi connectivity index (χ0v) is 13.0. The molecule has 2 saturated heterocycles. The lowest BCUT2D eigenvalue weighted by atomic mass is 9.92. The summed E-state index contributed by atoms with van der Waals surface area (Å²) < 4.78 is 5.68. The van der Waals surface area contributed by atoms with Gasteiger partial charge in [0, 0.05) is 25.7 Å². The van der Waals surface area contributed by atoms with E-state index >= 15 is 0 Å². The number of amides is 1. The number of nitrogens with zero attached hydrogens (tertiary/aromatic N) is 2. The summed E-state index contributed by atoms with van der Waals surface area (Å²) in [5, 5.41) is 0. The molecular weight excluding hydrogens is 254 g/mol. The Balaban J connectivity index is 1.84. The van der Waals surface area contributed by atoms with Gasteiger partial charge in [0.2, 0.25) is 5.91 Å². The Bertz CT molecular complexity index is 325. The topological polar surface area (TPSA) is 58.8 Å². The largest absolute Gasteiger partial charge is 0.372 e. The van der Waals surface area contributed by atoms with Crippen LogP contribution >= 0.6 is 0 Å². The Labute approximate surface area is 122 Å². The van der Waals surface area contributed by atoms with Crippen molar-refractivity contribution >= 4 is 5.91 Å². The van der Waals surface area contributed by atoms with Crippen LogP contribution in [0.3, 0.4) is 0 Å². The summed E-state index contributed by atoms with van der Waals surface area (Å²) in [4.78, 5) is 16.7.